The zero-order valence-corrected chi connectivity index (χ0v) is 21.5. The van der Waals surface area contributed by atoms with Crippen LogP contribution in [0.5, 0.6) is 0 Å². The van der Waals surface area contributed by atoms with Gasteiger partial charge in [0.15, 0.2) is 0 Å². The topological polar surface area (TPSA) is 366 Å². The number of aliphatic carboxylic acids is 6. The Morgan fingerprint density at radius 1 is 0.452 bits per heavy atom. The Morgan fingerprint density at radius 2 is 0.786 bits per heavy atom. The molecule has 0 aromatic carbocycles. The molecular weight excluding hydrogens is 578 g/mol. The van der Waals surface area contributed by atoms with Crippen molar-refractivity contribution < 1.29 is 78.6 Å². The molecule has 0 aliphatic heterocycles. The summed E-state index contributed by atoms with van der Waals surface area (Å²) < 4.78 is 0. The van der Waals surface area contributed by atoms with Gasteiger partial charge in [0.05, 0.1) is 31.7 Å². The van der Waals surface area contributed by atoms with E-state index >= 15 is 0 Å². The van der Waals surface area contributed by atoms with Crippen LogP contribution in [0.2, 0.25) is 0 Å². The van der Waals surface area contributed by atoms with Crippen LogP contribution in [0, 0.1) is 0 Å². The molecular formula is C21H29N5O16. The third kappa shape index (κ3) is 14.7. The quantitative estimate of drug-likeness (QED) is 0.0617. The largest absolute Gasteiger partial charge is 0.481 e. The van der Waals surface area contributed by atoms with Crippen LogP contribution in [0.25, 0.3) is 0 Å². The molecule has 0 unspecified atom stereocenters. The van der Waals surface area contributed by atoms with E-state index < -0.39 is 128 Å². The maximum atomic E-state index is 12.8. The number of carbonyl (C=O) groups is 10. The van der Waals surface area contributed by atoms with Crippen molar-refractivity contribution in [3.8, 4) is 0 Å². The second-order valence-corrected chi connectivity index (χ2v) is 8.51. The SMILES string of the molecule is N[C@@H](CC(=O)O)C(=O)N[C@@H](CCC(=O)O)C(=O)N[C@@H](CC(=O)O)C(=O)N[C@@H](CC(=O)O)C(=O)N[C@@H](CC(=O)O)C(=O)O. The predicted molar refractivity (Wildman–Crippen MR) is 129 cm³/mol. The van der Waals surface area contributed by atoms with Gasteiger partial charge >= 0.3 is 35.8 Å². The Kier molecular flexibility index (Phi) is 15.2. The van der Waals surface area contributed by atoms with Crippen LogP contribution in [-0.4, -0.2) is 120 Å². The highest BCUT2D eigenvalue weighted by Crippen LogP contribution is 2.05. The lowest BCUT2D eigenvalue weighted by atomic mass is 10.1. The van der Waals surface area contributed by atoms with Crippen LogP contribution in [0.1, 0.15) is 38.5 Å². The highest BCUT2D eigenvalue weighted by atomic mass is 16.4. The molecule has 0 aromatic rings. The Balaban J connectivity index is 5.97. The molecule has 0 bridgehead atoms. The van der Waals surface area contributed by atoms with E-state index in [1.54, 1.807) is 5.32 Å². The van der Waals surface area contributed by atoms with Crippen LogP contribution in [0.4, 0.5) is 0 Å². The number of hydrogen-bond donors (Lipinski definition) is 11. The van der Waals surface area contributed by atoms with Gasteiger partial charge in [-0.1, -0.05) is 0 Å². The summed E-state index contributed by atoms with van der Waals surface area (Å²) in [6.07, 6.45) is -5.81. The average molecular weight is 607 g/mol. The van der Waals surface area contributed by atoms with Crippen LogP contribution >= 0.6 is 0 Å². The lowest BCUT2D eigenvalue weighted by Crippen LogP contribution is -2.59. The minimum absolute atomic E-state index is 0.641. The normalized spacial score (nSPS) is 14.0. The molecule has 0 aliphatic carbocycles. The van der Waals surface area contributed by atoms with E-state index in [1.807, 2.05) is 16.0 Å². The number of nitrogens with one attached hydrogen (secondary N) is 4. The zero-order valence-electron chi connectivity index (χ0n) is 21.5. The third-order valence-electron chi connectivity index (χ3n) is 5.03. The van der Waals surface area contributed by atoms with Crippen LogP contribution in [0.15, 0.2) is 0 Å². The van der Waals surface area contributed by atoms with Gasteiger partial charge in [-0.05, 0) is 6.42 Å². The second kappa shape index (κ2) is 17.4. The van der Waals surface area contributed by atoms with Crippen LogP contribution in [0.3, 0.4) is 0 Å². The van der Waals surface area contributed by atoms with Crippen molar-refractivity contribution >= 4 is 59.4 Å². The lowest BCUT2D eigenvalue weighted by molar-refractivity contribution is -0.148. The average Bonchev–Trinajstić information content (AvgIpc) is 2.83. The molecule has 21 heteroatoms. The Bertz CT molecular complexity index is 1110. The highest BCUT2D eigenvalue weighted by molar-refractivity contribution is 5.98. The van der Waals surface area contributed by atoms with Gasteiger partial charge in [-0.2, -0.15) is 0 Å². The van der Waals surface area contributed by atoms with Gasteiger partial charge in [0, 0.05) is 6.42 Å². The molecule has 234 valence electrons. The monoisotopic (exact) mass is 607 g/mol. The standard InChI is InChI=1S/C21H29N5O16/c22-7(3-13(29)30)17(37)23-8(1-2-12(27)28)18(38)24-9(4-14(31)32)19(39)25-10(5-15(33)34)20(40)26-11(21(41)42)6-16(35)36/h7-11H,1-6,22H2,(H,23,37)(H,24,38)(H,25,39)(H,26,40)(H,27,28)(H,29,30)(H,31,32)(H,33,34)(H,35,36)(H,41,42)/t7-,8-,9-,10-,11-/m0/s1. The smallest absolute Gasteiger partial charge is 0.326 e. The number of carboxylic acid groups (broad SMARTS) is 6. The number of carbonyl (C=O) groups excluding carboxylic acids is 4. The van der Waals surface area contributed by atoms with Crippen molar-refractivity contribution in [2.75, 3.05) is 0 Å². The number of nitrogens with two attached hydrogens (primary N) is 1. The summed E-state index contributed by atoms with van der Waals surface area (Å²) in [6.45, 7) is 0. The minimum Gasteiger partial charge on any atom is -0.481 e. The van der Waals surface area contributed by atoms with Gasteiger partial charge in [0.25, 0.3) is 0 Å². The Labute approximate surface area is 234 Å². The molecule has 42 heavy (non-hydrogen) atoms. The summed E-state index contributed by atoms with van der Waals surface area (Å²) >= 11 is 0. The van der Waals surface area contributed by atoms with Gasteiger partial charge in [0.2, 0.25) is 23.6 Å². The molecule has 0 saturated heterocycles. The van der Waals surface area contributed by atoms with E-state index in [9.17, 15) is 53.1 Å². The number of carboxylic acids is 6. The fourth-order valence-electron chi connectivity index (χ4n) is 3.06. The van der Waals surface area contributed by atoms with Crippen molar-refractivity contribution in [2.24, 2.45) is 5.73 Å². The van der Waals surface area contributed by atoms with Gasteiger partial charge in [-0.15, -0.1) is 0 Å². The van der Waals surface area contributed by atoms with Crippen molar-refractivity contribution in [1.29, 1.82) is 0 Å². The summed E-state index contributed by atoms with van der Waals surface area (Å²) in [5, 5.41) is 61.2. The molecule has 5 atom stereocenters. The predicted octanol–water partition coefficient (Wildman–Crippen LogP) is -4.90. The fourth-order valence-corrected chi connectivity index (χ4v) is 3.06. The molecule has 0 aromatic heterocycles. The second-order valence-electron chi connectivity index (χ2n) is 8.51. The van der Waals surface area contributed by atoms with E-state index in [-0.39, 0.29) is 0 Å². The number of rotatable bonds is 20. The third-order valence-corrected chi connectivity index (χ3v) is 5.03. The molecule has 0 spiro atoms. The lowest BCUT2D eigenvalue weighted by Gasteiger charge is -2.25. The molecule has 0 saturated carbocycles. The Morgan fingerprint density at radius 3 is 1.14 bits per heavy atom. The van der Waals surface area contributed by atoms with Crippen LogP contribution in [-0.2, 0) is 47.9 Å². The van der Waals surface area contributed by atoms with Gasteiger partial charge in [-0.25, -0.2) is 4.79 Å². The highest BCUT2D eigenvalue weighted by Gasteiger charge is 2.34. The summed E-state index contributed by atoms with van der Waals surface area (Å²) in [7, 11) is 0. The fraction of sp³-hybridized carbons (Fsp3) is 0.524. The molecule has 0 aliphatic rings. The Hall–Kier alpha value is -5.34. The summed E-state index contributed by atoms with van der Waals surface area (Å²) in [5.74, 6) is -15.4. The molecule has 21 nitrogen and oxygen atoms in total. The summed E-state index contributed by atoms with van der Waals surface area (Å²) in [6, 6.07) is -9.72. The molecule has 12 N–H and O–H groups in total. The summed E-state index contributed by atoms with van der Waals surface area (Å²) in [5.41, 5.74) is 5.40. The number of hydrogen-bond acceptors (Lipinski definition) is 11. The first kappa shape index (κ1) is 36.7. The van der Waals surface area contributed by atoms with E-state index in [1.165, 1.54) is 0 Å². The summed E-state index contributed by atoms with van der Waals surface area (Å²) in [4.78, 5) is 117. The van der Waals surface area contributed by atoms with Crippen molar-refractivity contribution in [3.05, 3.63) is 0 Å². The number of amides is 4. The minimum atomic E-state index is -2.10. The van der Waals surface area contributed by atoms with Crippen molar-refractivity contribution in [1.82, 2.24) is 21.3 Å². The van der Waals surface area contributed by atoms with Gasteiger partial charge in [0.1, 0.15) is 24.2 Å². The van der Waals surface area contributed by atoms with E-state index in [0.717, 1.165) is 0 Å². The van der Waals surface area contributed by atoms with Gasteiger partial charge < -0.3 is 57.6 Å². The molecule has 0 fully saturated rings. The maximum Gasteiger partial charge on any atom is 0.326 e. The van der Waals surface area contributed by atoms with E-state index in [0.29, 0.717) is 0 Å². The molecule has 0 heterocycles. The first-order valence-corrected chi connectivity index (χ1v) is 11.6. The van der Waals surface area contributed by atoms with Crippen LogP contribution < -0.4 is 27.0 Å². The maximum absolute atomic E-state index is 12.8. The zero-order chi connectivity index (χ0) is 32.7. The molecule has 4 amide bonds. The first-order chi connectivity index (χ1) is 19.3. The van der Waals surface area contributed by atoms with E-state index in [2.05, 4.69) is 0 Å². The van der Waals surface area contributed by atoms with E-state index in [4.69, 9.17) is 31.3 Å². The first-order valence-electron chi connectivity index (χ1n) is 11.6. The van der Waals surface area contributed by atoms with Gasteiger partial charge in [-0.3, -0.25) is 43.2 Å². The van der Waals surface area contributed by atoms with Crippen molar-refractivity contribution in [3.63, 3.8) is 0 Å². The molecule has 0 rings (SSSR count). The van der Waals surface area contributed by atoms with Crippen molar-refractivity contribution in [2.45, 2.75) is 68.7 Å². The molecule has 0 radical (unpaired) electrons.